The molecule has 0 saturated carbocycles. The van der Waals surface area contributed by atoms with Crippen molar-refractivity contribution >= 4 is 12.4 Å². The molecule has 0 bridgehead atoms. The first-order valence-corrected chi connectivity index (χ1v) is 6.83. The van der Waals surface area contributed by atoms with Crippen LogP contribution in [0.1, 0.15) is 23.3 Å². The zero-order chi connectivity index (χ0) is 14.2. The molecular formula is C17H22ClNO2. The van der Waals surface area contributed by atoms with Crippen molar-refractivity contribution in [2.24, 2.45) is 0 Å². The highest BCUT2D eigenvalue weighted by molar-refractivity contribution is 5.85. The average molecular weight is 308 g/mol. The Morgan fingerprint density at radius 1 is 0.952 bits per heavy atom. The quantitative estimate of drug-likeness (QED) is 0.772. The molecule has 0 saturated heterocycles. The summed E-state index contributed by atoms with van der Waals surface area (Å²) in [4.78, 5) is 0. The third-order valence-corrected chi connectivity index (χ3v) is 3.29. The average Bonchev–Trinajstić information content (AvgIpc) is 2.53. The molecule has 0 amide bonds. The molecule has 0 radical (unpaired) electrons. The Hall–Kier alpha value is -1.39. The lowest BCUT2D eigenvalue weighted by Crippen LogP contribution is -2.29. The third kappa shape index (κ3) is 5.14. The van der Waals surface area contributed by atoms with Crippen molar-refractivity contribution in [1.82, 2.24) is 5.32 Å². The summed E-state index contributed by atoms with van der Waals surface area (Å²) in [5.41, 5.74) is 1.98. The molecule has 0 aromatic heterocycles. The first kappa shape index (κ1) is 17.7. The van der Waals surface area contributed by atoms with E-state index >= 15 is 0 Å². The van der Waals surface area contributed by atoms with Crippen LogP contribution >= 0.6 is 12.4 Å². The van der Waals surface area contributed by atoms with Gasteiger partial charge in [-0.2, -0.15) is 0 Å². The van der Waals surface area contributed by atoms with E-state index in [-0.39, 0.29) is 18.4 Å². The van der Waals surface area contributed by atoms with Gasteiger partial charge in [0.05, 0.1) is 18.8 Å². The number of rotatable bonds is 7. The number of aliphatic hydroxyl groups is 1. The number of nitrogens with one attached hydrogen (secondary N) is 1. The summed E-state index contributed by atoms with van der Waals surface area (Å²) in [6.07, 6.45) is -0.588. The fraction of sp³-hybridized carbons (Fsp3) is 0.294. The van der Waals surface area contributed by atoms with Crippen molar-refractivity contribution in [3.05, 3.63) is 71.8 Å². The smallest absolute Gasteiger partial charge is 0.0984 e. The van der Waals surface area contributed by atoms with Crippen molar-refractivity contribution in [3.8, 4) is 0 Å². The molecule has 0 spiro atoms. The van der Waals surface area contributed by atoms with E-state index in [0.717, 1.165) is 11.1 Å². The van der Waals surface area contributed by atoms with Crippen LogP contribution in [0.4, 0.5) is 0 Å². The van der Waals surface area contributed by atoms with Gasteiger partial charge >= 0.3 is 0 Å². The molecule has 114 valence electrons. The Kier molecular flexibility index (Phi) is 8.01. The molecule has 21 heavy (non-hydrogen) atoms. The van der Waals surface area contributed by atoms with Gasteiger partial charge in [0.15, 0.2) is 0 Å². The van der Waals surface area contributed by atoms with Crippen molar-refractivity contribution in [2.45, 2.75) is 12.1 Å². The van der Waals surface area contributed by atoms with E-state index in [4.69, 9.17) is 4.74 Å². The Labute approximate surface area is 132 Å². The molecule has 3 nitrogen and oxygen atoms in total. The molecule has 0 aliphatic carbocycles. The van der Waals surface area contributed by atoms with Crippen LogP contribution in [0.15, 0.2) is 60.7 Å². The van der Waals surface area contributed by atoms with Gasteiger partial charge in [0, 0.05) is 13.7 Å². The van der Waals surface area contributed by atoms with Gasteiger partial charge in [-0.15, -0.1) is 12.4 Å². The number of hydrogen-bond acceptors (Lipinski definition) is 3. The summed E-state index contributed by atoms with van der Waals surface area (Å²) in [6, 6.07) is 19.6. The second-order valence-electron chi connectivity index (χ2n) is 4.69. The predicted molar refractivity (Wildman–Crippen MR) is 87.7 cm³/mol. The van der Waals surface area contributed by atoms with Gasteiger partial charge in [-0.3, -0.25) is 0 Å². The van der Waals surface area contributed by atoms with Gasteiger partial charge in [0.2, 0.25) is 0 Å². The minimum atomic E-state index is -0.588. The summed E-state index contributed by atoms with van der Waals surface area (Å²) >= 11 is 0. The molecule has 0 fully saturated rings. The molecular weight excluding hydrogens is 286 g/mol. The van der Waals surface area contributed by atoms with Gasteiger partial charge in [-0.05, 0) is 11.1 Å². The molecule has 0 heterocycles. The van der Waals surface area contributed by atoms with Gasteiger partial charge in [-0.1, -0.05) is 60.7 Å². The Bertz CT molecular complexity index is 493. The molecule has 2 rings (SSSR count). The van der Waals surface area contributed by atoms with E-state index < -0.39 is 6.10 Å². The largest absolute Gasteiger partial charge is 0.386 e. The second kappa shape index (κ2) is 9.53. The van der Waals surface area contributed by atoms with Crippen molar-refractivity contribution < 1.29 is 9.84 Å². The third-order valence-electron chi connectivity index (χ3n) is 3.29. The van der Waals surface area contributed by atoms with Crippen molar-refractivity contribution in [1.29, 1.82) is 0 Å². The maximum atomic E-state index is 10.6. The molecule has 2 unspecified atom stereocenters. The minimum Gasteiger partial charge on any atom is -0.386 e. The molecule has 2 aromatic rings. The Morgan fingerprint density at radius 2 is 1.48 bits per heavy atom. The lowest BCUT2D eigenvalue weighted by atomic mass is 9.96. The van der Waals surface area contributed by atoms with Gasteiger partial charge in [0.1, 0.15) is 0 Å². The second-order valence-corrected chi connectivity index (χ2v) is 4.69. The molecule has 2 N–H and O–H groups in total. The van der Waals surface area contributed by atoms with Crippen LogP contribution in [0.3, 0.4) is 0 Å². The maximum absolute atomic E-state index is 10.6. The first-order chi connectivity index (χ1) is 9.83. The summed E-state index contributed by atoms with van der Waals surface area (Å²) in [5.74, 6) is 0. The topological polar surface area (TPSA) is 41.5 Å². The summed E-state index contributed by atoms with van der Waals surface area (Å²) in [7, 11) is 1.67. The standard InChI is InChI=1S/C17H21NO2.ClH/c1-20-13-12-18-16(14-8-4-2-5-9-14)17(19)15-10-6-3-7-11-15;/h2-11,16-19H,12-13H2,1H3;1H. The Morgan fingerprint density at radius 3 is 2.00 bits per heavy atom. The highest BCUT2D eigenvalue weighted by Gasteiger charge is 2.21. The van der Waals surface area contributed by atoms with E-state index in [1.54, 1.807) is 7.11 Å². The van der Waals surface area contributed by atoms with Crippen LogP contribution in [0.5, 0.6) is 0 Å². The van der Waals surface area contributed by atoms with Crippen LogP contribution < -0.4 is 5.32 Å². The molecule has 2 aromatic carbocycles. The summed E-state index contributed by atoms with van der Waals surface area (Å²) in [5, 5.41) is 14.0. The van der Waals surface area contributed by atoms with Crippen LogP contribution in [0.25, 0.3) is 0 Å². The maximum Gasteiger partial charge on any atom is 0.0984 e. The summed E-state index contributed by atoms with van der Waals surface area (Å²) in [6.45, 7) is 1.31. The van der Waals surface area contributed by atoms with Crippen LogP contribution in [-0.4, -0.2) is 25.4 Å². The van der Waals surface area contributed by atoms with Crippen molar-refractivity contribution in [2.75, 3.05) is 20.3 Å². The van der Waals surface area contributed by atoms with Gasteiger partial charge in [-0.25, -0.2) is 0 Å². The molecule has 2 atom stereocenters. The number of aliphatic hydroxyl groups excluding tert-OH is 1. The summed E-state index contributed by atoms with van der Waals surface area (Å²) < 4.78 is 5.07. The number of ether oxygens (including phenoxy) is 1. The van der Waals surface area contributed by atoms with Crippen LogP contribution in [0.2, 0.25) is 0 Å². The van der Waals surface area contributed by atoms with E-state index in [9.17, 15) is 5.11 Å². The first-order valence-electron chi connectivity index (χ1n) is 6.83. The molecule has 0 aliphatic heterocycles. The number of hydrogen-bond donors (Lipinski definition) is 2. The van der Waals surface area contributed by atoms with E-state index in [0.29, 0.717) is 13.2 Å². The SMILES string of the molecule is COCCNC(c1ccccc1)C(O)c1ccccc1.Cl. The predicted octanol–water partition coefficient (Wildman–Crippen LogP) is 3.12. The molecule has 4 heteroatoms. The zero-order valence-electron chi connectivity index (χ0n) is 12.1. The molecule has 0 aliphatic rings. The Balaban J connectivity index is 0.00000220. The van der Waals surface area contributed by atoms with Crippen LogP contribution in [-0.2, 0) is 4.74 Å². The zero-order valence-corrected chi connectivity index (χ0v) is 12.9. The van der Waals surface area contributed by atoms with Gasteiger partial charge in [0.25, 0.3) is 0 Å². The van der Waals surface area contributed by atoms with E-state index in [1.807, 2.05) is 60.7 Å². The number of methoxy groups -OCH3 is 1. The lowest BCUT2D eigenvalue weighted by Gasteiger charge is -2.25. The van der Waals surface area contributed by atoms with E-state index in [2.05, 4.69) is 5.32 Å². The fourth-order valence-corrected chi connectivity index (χ4v) is 2.23. The van der Waals surface area contributed by atoms with Gasteiger partial charge < -0.3 is 15.2 Å². The van der Waals surface area contributed by atoms with Crippen molar-refractivity contribution in [3.63, 3.8) is 0 Å². The number of benzene rings is 2. The monoisotopic (exact) mass is 307 g/mol. The minimum absolute atomic E-state index is 0. The lowest BCUT2D eigenvalue weighted by molar-refractivity contribution is 0.119. The highest BCUT2D eigenvalue weighted by Crippen LogP contribution is 2.28. The number of halogens is 1. The normalized spacial score (nSPS) is 13.2. The highest BCUT2D eigenvalue weighted by atomic mass is 35.5. The fourth-order valence-electron chi connectivity index (χ4n) is 2.23. The van der Waals surface area contributed by atoms with E-state index in [1.165, 1.54) is 0 Å². The van der Waals surface area contributed by atoms with Crippen LogP contribution in [0, 0.1) is 0 Å².